The molecule has 0 amide bonds. The zero-order valence-electron chi connectivity index (χ0n) is 14.5. The fraction of sp³-hybridized carbons (Fsp3) is 0.304. The molecule has 2 aliphatic carbocycles. The summed E-state index contributed by atoms with van der Waals surface area (Å²) in [5.74, 6) is 2.16. The molecule has 2 atom stereocenters. The van der Waals surface area contributed by atoms with Crippen LogP contribution in [0, 0.1) is 5.92 Å². The Morgan fingerprint density at radius 3 is 2.76 bits per heavy atom. The predicted octanol–water partition coefficient (Wildman–Crippen LogP) is 6.20. The van der Waals surface area contributed by atoms with E-state index in [0.717, 1.165) is 31.6 Å². The highest BCUT2D eigenvalue weighted by atomic mass is 79.9. The van der Waals surface area contributed by atoms with Gasteiger partial charge in [0.05, 0.1) is 12.4 Å². The molecule has 25 heavy (non-hydrogen) atoms. The molecule has 0 saturated heterocycles. The molecule has 0 N–H and O–H groups in total. The Bertz CT molecular complexity index is 819. The van der Waals surface area contributed by atoms with Gasteiger partial charge in [-0.1, -0.05) is 58.4 Å². The van der Waals surface area contributed by atoms with Gasteiger partial charge in [0.1, 0.15) is 0 Å². The van der Waals surface area contributed by atoms with Crippen LogP contribution in [0.2, 0.25) is 0 Å². The Kier molecular flexibility index (Phi) is 4.80. The van der Waals surface area contributed by atoms with E-state index < -0.39 is 0 Å². The lowest BCUT2D eigenvalue weighted by molar-refractivity contribution is 0.196. The summed E-state index contributed by atoms with van der Waals surface area (Å²) in [6, 6.07) is 17.6. The van der Waals surface area contributed by atoms with Gasteiger partial charge in [0.25, 0.3) is 0 Å². The summed E-state index contributed by atoms with van der Waals surface area (Å²) in [5, 5.41) is 0. The van der Waals surface area contributed by atoms with Crippen molar-refractivity contribution in [3.63, 3.8) is 0 Å². The van der Waals surface area contributed by atoms with Crippen LogP contribution in [0.15, 0.2) is 76.5 Å². The van der Waals surface area contributed by atoms with Crippen LogP contribution in [0.3, 0.4) is 0 Å². The molecule has 0 saturated carbocycles. The van der Waals surface area contributed by atoms with Gasteiger partial charge in [-0.25, -0.2) is 0 Å². The Morgan fingerprint density at radius 1 is 1.12 bits per heavy atom. The molecule has 2 aliphatic rings. The second kappa shape index (κ2) is 7.21. The highest BCUT2D eigenvalue weighted by molar-refractivity contribution is 9.10. The van der Waals surface area contributed by atoms with Crippen molar-refractivity contribution in [2.45, 2.75) is 32.1 Å². The quantitative estimate of drug-likeness (QED) is 0.599. The zero-order valence-corrected chi connectivity index (χ0v) is 16.1. The van der Waals surface area contributed by atoms with Crippen molar-refractivity contribution >= 4 is 15.9 Å². The maximum atomic E-state index is 5.92. The highest BCUT2D eigenvalue weighted by Gasteiger charge is 2.34. The largest absolute Gasteiger partial charge is 0.498 e. The second-order valence-electron chi connectivity index (χ2n) is 6.93. The molecule has 2 heteroatoms. The van der Waals surface area contributed by atoms with Crippen LogP contribution in [0.4, 0.5) is 0 Å². The van der Waals surface area contributed by atoms with Gasteiger partial charge in [0.15, 0.2) is 0 Å². The molecule has 1 nitrogen and oxygen atoms in total. The van der Waals surface area contributed by atoms with Gasteiger partial charge in [-0.3, -0.25) is 0 Å². The van der Waals surface area contributed by atoms with E-state index in [0.29, 0.717) is 11.8 Å². The van der Waals surface area contributed by atoms with Crippen LogP contribution >= 0.6 is 15.9 Å². The summed E-state index contributed by atoms with van der Waals surface area (Å²) in [7, 11) is 0. The van der Waals surface area contributed by atoms with Crippen molar-refractivity contribution in [3.05, 3.63) is 93.2 Å². The molecule has 0 spiro atoms. The SMILES string of the molecule is CCOC1=CC2=CCc3cc(Br)ccc3[C@H]2[C@H](Cc2ccccc2)C1. The molecule has 0 radical (unpaired) electrons. The molecule has 0 bridgehead atoms. The fourth-order valence-electron chi connectivity index (χ4n) is 4.28. The van der Waals surface area contributed by atoms with Crippen LogP contribution in [0.1, 0.15) is 36.0 Å². The zero-order chi connectivity index (χ0) is 17.2. The minimum absolute atomic E-state index is 0.473. The third-order valence-corrected chi connectivity index (χ3v) is 5.78. The van der Waals surface area contributed by atoms with Crippen LogP contribution in [-0.4, -0.2) is 6.61 Å². The van der Waals surface area contributed by atoms with E-state index in [-0.39, 0.29) is 0 Å². The number of allylic oxidation sites excluding steroid dienone is 4. The molecule has 0 fully saturated rings. The monoisotopic (exact) mass is 394 g/mol. The van der Waals surface area contributed by atoms with Gasteiger partial charge in [0, 0.05) is 16.8 Å². The van der Waals surface area contributed by atoms with E-state index in [1.165, 1.54) is 26.7 Å². The number of benzene rings is 2. The molecular formula is C23H23BrO. The van der Waals surface area contributed by atoms with Crippen LogP contribution < -0.4 is 0 Å². The molecule has 2 aromatic rings. The van der Waals surface area contributed by atoms with Gasteiger partial charge >= 0.3 is 0 Å². The van der Waals surface area contributed by atoms with E-state index in [1.807, 2.05) is 0 Å². The Hall–Kier alpha value is -1.80. The minimum atomic E-state index is 0.473. The van der Waals surface area contributed by atoms with E-state index >= 15 is 0 Å². The summed E-state index contributed by atoms with van der Waals surface area (Å²) in [6.07, 6.45) is 7.80. The van der Waals surface area contributed by atoms with Crippen molar-refractivity contribution in [2.24, 2.45) is 5.92 Å². The average Bonchev–Trinajstić information content (AvgIpc) is 2.62. The first-order chi connectivity index (χ1) is 12.2. The van der Waals surface area contributed by atoms with Crippen molar-refractivity contribution < 1.29 is 4.74 Å². The summed E-state index contributed by atoms with van der Waals surface area (Å²) in [6.45, 7) is 2.81. The third-order valence-electron chi connectivity index (χ3n) is 5.29. The van der Waals surface area contributed by atoms with Crippen molar-refractivity contribution in [1.82, 2.24) is 0 Å². The third kappa shape index (κ3) is 3.46. The normalized spacial score (nSPS) is 21.7. The first-order valence-electron chi connectivity index (χ1n) is 9.10. The Labute approximate surface area is 158 Å². The van der Waals surface area contributed by atoms with Gasteiger partial charge in [-0.15, -0.1) is 0 Å². The predicted molar refractivity (Wildman–Crippen MR) is 107 cm³/mol. The first kappa shape index (κ1) is 16.7. The second-order valence-corrected chi connectivity index (χ2v) is 7.84. The number of hydrogen-bond donors (Lipinski definition) is 0. The van der Waals surface area contributed by atoms with Gasteiger partial charge in [-0.2, -0.15) is 0 Å². The fourth-order valence-corrected chi connectivity index (χ4v) is 4.69. The Balaban J connectivity index is 1.73. The number of halogens is 1. The topological polar surface area (TPSA) is 9.23 Å². The van der Waals surface area contributed by atoms with Gasteiger partial charge in [-0.05, 0) is 66.2 Å². The molecule has 4 rings (SSSR count). The lowest BCUT2D eigenvalue weighted by atomic mass is 9.68. The van der Waals surface area contributed by atoms with E-state index in [1.54, 1.807) is 0 Å². The van der Waals surface area contributed by atoms with Crippen LogP contribution in [0.25, 0.3) is 0 Å². The molecule has 0 aliphatic heterocycles. The standard InChI is InChI=1S/C23H23BrO/c1-2-25-21-14-18-9-8-17-13-20(24)10-11-22(17)23(18)19(15-21)12-16-6-4-3-5-7-16/h3-7,9-11,13-14,19,23H,2,8,12,15H2,1H3/t19-,23-/m1/s1. The highest BCUT2D eigenvalue weighted by Crippen LogP contribution is 2.46. The van der Waals surface area contributed by atoms with E-state index in [2.05, 4.69) is 83.5 Å². The summed E-state index contributed by atoms with van der Waals surface area (Å²) in [5.41, 5.74) is 5.79. The molecule has 0 aromatic heterocycles. The number of ether oxygens (including phenoxy) is 1. The lowest BCUT2D eigenvalue weighted by Crippen LogP contribution is -2.25. The lowest BCUT2D eigenvalue weighted by Gasteiger charge is -2.37. The van der Waals surface area contributed by atoms with E-state index in [9.17, 15) is 0 Å². The molecular weight excluding hydrogens is 372 g/mol. The smallest absolute Gasteiger partial charge is 0.0965 e. The molecule has 0 unspecified atom stereocenters. The molecule has 2 aromatic carbocycles. The van der Waals surface area contributed by atoms with Crippen molar-refractivity contribution in [1.29, 1.82) is 0 Å². The maximum Gasteiger partial charge on any atom is 0.0965 e. The number of rotatable bonds is 4. The summed E-state index contributed by atoms with van der Waals surface area (Å²) >= 11 is 3.62. The van der Waals surface area contributed by atoms with E-state index in [4.69, 9.17) is 4.74 Å². The minimum Gasteiger partial charge on any atom is -0.498 e. The molecule has 128 valence electrons. The maximum absolute atomic E-state index is 5.92. The van der Waals surface area contributed by atoms with Gasteiger partial charge in [0.2, 0.25) is 0 Å². The van der Waals surface area contributed by atoms with Crippen LogP contribution in [-0.2, 0) is 17.6 Å². The number of fused-ring (bicyclic) bond motifs is 3. The van der Waals surface area contributed by atoms with Crippen LogP contribution in [0.5, 0.6) is 0 Å². The average molecular weight is 395 g/mol. The summed E-state index contributed by atoms with van der Waals surface area (Å²) in [4.78, 5) is 0. The van der Waals surface area contributed by atoms with Gasteiger partial charge < -0.3 is 4.74 Å². The van der Waals surface area contributed by atoms with Crippen molar-refractivity contribution in [2.75, 3.05) is 6.61 Å². The van der Waals surface area contributed by atoms with Crippen molar-refractivity contribution in [3.8, 4) is 0 Å². The molecule has 0 heterocycles. The first-order valence-corrected chi connectivity index (χ1v) is 9.89. The summed E-state index contributed by atoms with van der Waals surface area (Å²) < 4.78 is 7.09. The number of hydrogen-bond acceptors (Lipinski definition) is 1. The Morgan fingerprint density at radius 2 is 1.96 bits per heavy atom.